The molecule has 0 radical (unpaired) electrons. The first kappa shape index (κ1) is 24.7. The Bertz CT molecular complexity index is 1160. The van der Waals surface area contributed by atoms with Crippen LogP contribution in [-0.2, 0) is 0 Å². The lowest BCUT2D eigenvalue weighted by Crippen LogP contribution is -2.23. The highest BCUT2D eigenvalue weighted by molar-refractivity contribution is 7.80. The van der Waals surface area contributed by atoms with E-state index in [1.807, 2.05) is 38.1 Å². The first-order valence-electron chi connectivity index (χ1n) is 10.8. The fraction of sp³-hybridized carbons (Fsp3) is 0.192. The number of methoxy groups -OCH3 is 1. The minimum absolute atomic E-state index is 0.306. The number of thiocarbonyl (C=S) groups is 1. The van der Waals surface area contributed by atoms with Gasteiger partial charge in [-0.1, -0.05) is 19.1 Å². The van der Waals surface area contributed by atoms with Crippen LogP contribution in [0.3, 0.4) is 0 Å². The third-order valence-electron chi connectivity index (χ3n) is 4.61. The van der Waals surface area contributed by atoms with E-state index in [1.165, 1.54) is 7.11 Å². The Morgan fingerprint density at radius 1 is 1.06 bits per heavy atom. The van der Waals surface area contributed by atoms with E-state index < -0.39 is 5.97 Å². The number of hydrogen-bond donors (Lipinski definition) is 2. The summed E-state index contributed by atoms with van der Waals surface area (Å²) in [7, 11) is 1.51. The number of aryl methyl sites for hydroxylation is 1. The molecule has 0 amide bonds. The van der Waals surface area contributed by atoms with Crippen molar-refractivity contribution in [1.29, 1.82) is 0 Å². The molecule has 0 aromatic heterocycles. The van der Waals surface area contributed by atoms with Crippen molar-refractivity contribution in [3.63, 3.8) is 0 Å². The Hall–Kier alpha value is -3.91. The van der Waals surface area contributed by atoms with Crippen LogP contribution in [0.2, 0.25) is 0 Å². The minimum Gasteiger partial charge on any atom is -0.494 e. The second kappa shape index (κ2) is 12.4. The van der Waals surface area contributed by atoms with Crippen molar-refractivity contribution in [2.24, 2.45) is 5.10 Å². The molecule has 2 N–H and O–H groups in total. The predicted molar refractivity (Wildman–Crippen MR) is 138 cm³/mol. The van der Waals surface area contributed by atoms with Gasteiger partial charge in [0, 0.05) is 5.69 Å². The molecule has 3 rings (SSSR count). The Kier molecular flexibility index (Phi) is 8.99. The van der Waals surface area contributed by atoms with Gasteiger partial charge in [0.15, 0.2) is 16.6 Å². The summed E-state index contributed by atoms with van der Waals surface area (Å²) in [5.41, 5.74) is 5.93. The quantitative estimate of drug-likeness (QED) is 0.142. The highest BCUT2D eigenvalue weighted by Gasteiger charge is 2.13. The van der Waals surface area contributed by atoms with Gasteiger partial charge in [-0.2, -0.15) is 5.10 Å². The molecule has 0 atom stereocenters. The van der Waals surface area contributed by atoms with E-state index in [2.05, 4.69) is 15.8 Å². The van der Waals surface area contributed by atoms with Gasteiger partial charge in [-0.15, -0.1) is 0 Å². The van der Waals surface area contributed by atoms with Crippen molar-refractivity contribution in [1.82, 2.24) is 5.43 Å². The molecule has 0 aliphatic heterocycles. The van der Waals surface area contributed by atoms with Crippen LogP contribution in [-0.4, -0.2) is 31.0 Å². The van der Waals surface area contributed by atoms with E-state index in [9.17, 15) is 4.79 Å². The molecule has 0 aliphatic rings. The van der Waals surface area contributed by atoms with Gasteiger partial charge < -0.3 is 19.5 Å². The number of nitrogens with zero attached hydrogens (tertiary/aromatic N) is 1. The van der Waals surface area contributed by atoms with Gasteiger partial charge in [-0.25, -0.2) is 4.79 Å². The van der Waals surface area contributed by atoms with E-state index >= 15 is 0 Å². The summed E-state index contributed by atoms with van der Waals surface area (Å²) in [5, 5.41) is 7.58. The van der Waals surface area contributed by atoms with E-state index in [-0.39, 0.29) is 0 Å². The van der Waals surface area contributed by atoms with Crippen LogP contribution in [0.15, 0.2) is 71.8 Å². The average molecular weight is 478 g/mol. The molecule has 0 saturated carbocycles. The lowest BCUT2D eigenvalue weighted by Gasteiger charge is -2.11. The molecular formula is C26H27N3O4S. The van der Waals surface area contributed by atoms with Gasteiger partial charge >= 0.3 is 5.97 Å². The lowest BCUT2D eigenvalue weighted by atomic mass is 10.2. The van der Waals surface area contributed by atoms with E-state index in [0.29, 0.717) is 34.5 Å². The van der Waals surface area contributed by atoms with Gasteiger partial charge in [0.2, 0.25) is 0 Å². The monoisotopic (exact) mass is 477 g/mol. The second-order valence-corrected chi connectivity index (χ2v) is 7.77. The molecule has 0 aliphatic carbocycles. The highest BCUT2D eigenvalue weighted by atomic mass is 32.1. The second-order valence-electron chi connectivity index (χ2n) is 7.37. The maximum atomic E-state index is 12.5. The van der Waals surface area contributed by atoms with Gasteiger partial charge in [-0.05, 0) is 91.3 Å². The summed E-state index contributed by atoms with van der Waals surface area (Å²) in [4.78, 5) is 12.5. The summed E-state index contributed by atoms with van der Waals surface area (Å²) >= 11 is 5.26. The van der Waals surface area contributed by atoms with Crippen molar-refractivity contribution < 1.29 is 19.0 Å². The maximum absolute atomic E-state index is 12.5. The zero-order valence-electron chi connectivity index (χ0n) is 19.3. The molecule has 34 heavy (non-hydrogen) atoms. The molecule has 176 valence electrons. The summed E-state index contributed by atoms with van der Waals surface area (Å²) in [6.45, 7) is 4.67. The number of carbonyl (C=O) groups is 1. The van der Waals surface area contributed by atoms with Crippen molar-refractivity contribution in [2.75, 3.05) is 19.0 Å². The topological polar surface area (TPSA) is 81.2 Å². The largest absolute Gasteiger partial charge is 0.494 e. The van der Waals surface area contributed by atoms with Gasteiger partial charge in [0.1, 0.15) is 5.75 Å². The van der Waals surface area contributed by atoms with Crippen LogP contribution in [0.5, 0.6) is 17.2 Å². The SMILES string of the molecule is CCCOc1ccc(C(=O)Oc2ccc(/C=N/NC(=S)Nc3cccc(C)c3)cc2OC)cc1. The molecule has 0 fully saturated rings. The zero-order chi connectivity index (χ0) is 24.3. The summed E-state index contributed by atoms with van der Waals surface area (Å²) in [6, 6.07) is 19.8. The number of hydrazone groups is 1. The minimum atomic E-state index is -0.490. The van der Waals surface area contributed by atoms with E-state index in [1.54, 1.807) is 48.7 Å². The highest BCUT2D eigenvalue weighted by Crippen LogP contribution is 2.28. The average Bonchev–Trinajstić information content (AvgIpc) is 2.83. The molecule has 0 bridgehead atoms. The van der Waals surface area contributed by atoms with Crippen molar-refractivity contribution >= 4 is 35.2 Å². The third kappa shape index (κ3) is 7.31. The Morgan fingerprint density at radius 2 is 1.85 bits per heavy atom. The Labute approximate surface area is 204 Å². The molecular weight excluding hydrogens is 450 g/mol. The predicted octanol–water partition coefficient (Wildman–Crippen LogP) is 5.33. The molecule has 0 spiro atoms. The molecule has 7 nitrogen and oxygen atoms in total. The first-order chi connectivity index (χ1) is 16.5. The van der Waals surface area contributed by atoms with Crippen LogP contribution in [0, 0.1) is 6.92 Å². The summed E-state index contributed by atoms with van der Waals surface area (Å²) < 4.78 is 16.4. The fourth-order valence-electron chi connectivity index (χ4n) is 2.96. The molecule has 8 heteroatoms. The number of esters is 1. The molecule has 3 aromatic carbocycles. The van der Waals surface area contributed by atoms with Crippen LogP contribution in [0.1, 0.15) is 34.8 Å². The van der Waals surface area contributed by atoms with Crippen molar-refractivity contribution in [3.05, 3.63) is 83.4 Å². The molecule has 0 saturated heterocycles. The van der Waals surface area contributed by atoms with Crippen LogP contribution in [0.25, 0.3) is 0 Å². The van der Waals surface area contributed by atoms with E-state index in [0.717, 1.165) is 23.2 Å². The standard InChI is InChI=1S/C26H27N3O4S/c1-4-14-32-22-11-9-20(10-12-22)25(30)33-23-13-8-19(16-24(23)31-3)17-27-29-26(34)28-21-7-5-6-18(2)15-21/h5-13,15-17H,4,14H2,1-3H3,(H2,28,29,34)/b27-17+. The molecule has 3 aromatic rings. The molecule has 0 heterocycles. The van der Waals surface area contributed by atoms with Gasteiger partial charge in [-0.3, -0.25) is 5.43 Å². The Morgan fingerprint density at radius 3 is 2.56 bits per heavy atom. The Balaban J connectivity index is 1.59. The van der Waals surface area contributed by atoms with Crippen molar-refractivity contribution in [3.8, 4) is 17.2 Å². The number of anilines is 1. The van der Waals surface area contributed by atoms with Crippen LogP contribution in [0.4, 0.5) is 5.69 Å². The normalized spacial score (nSPS) is 10.6. The molecule has 0 unspecified atom stereocenters. The fourth-order valence-corrected chi connectivity index (χ4v) is 3.13. The lowest BCUT2D eigenvalue weighted by molar-refractivity contribution is 0.0729. The number of ether oxygens (including phenoxy) is 3. The van der Waals surface area contributed by atoms with Gasteiger partial charge in [0.25, 0.3) is 0 Å². The van der Waals surface area contributed by atoms with E-state index in [4.69, 9.17) is 26.4 Å². The van der Waals surface area contributed by atoms with Crippen molar-refractivity contribution in [2.45, 2.75) is 20.3 Å². The maximum Gasteiger partial charge on any atom is 0.343 e. The van der Waals surface area contributed by atoms with Crippen LogP contribution < -0.4 is 25.0 Å². The zero-order valence-corrected chi connectivity index (χ0v) is 20.1. The number of carbonyl (C=O) groups excluding carboxylic acids is 1. The van der Waals surface area contributed by atoms with Gasteiger partial charge in [0.05, 0.1) is 25.5 Å². The number of benzene rings is 3. The van der Waals surface area contributed by atoms with Crippen LogP contribution >= 0.6 is 12.2 Å². The number of rotatable bonds is 9. The third-order valence-corrected chi connectivity index (χ3v) is 4.80. The number of nitrogens with one attached hydrogen (secondary N) is 2. The number of hydrogen-bond acceptors (Lipinski definition) is 6. The first-order valence-corrected chi connectivity index (χ1v) is 11.2. The summed E-state index contributed by atoms with van der Waals surface area (Å²) in [6.07, 6.45) is 2.50. The smallest absolute Gasteiger partial charge is 0.343 e. The summed E-state index contributed by atoms with van der Waals surface area (Å²) in [5.74, 6) is 0.930.